The van der Waals surface area contributed by atoms with Crippen LogP contribution in [-0.4, -0.2) is 0 Å². The van der Waals surface area contributed by atoms with Gasteiger partial charge in [0.1, 0.15) is 0 Å². The van der Waals surface area contributed by atoms with E-state index in [-0.39, 0.29) is 5.56 Å². The number of hydrogen-bond donors (Lipinski definition) is 0. The van der Waals surface area contributed by atoms with Crippen molar-refractivity contribution in [2.45, 2.75) is 20.3 Å². The van der Waals surface area contributed by atoms with Gasteiger partial charge in [0.2, 0.25) is 0 Å². The zero-order chi connectivity index (χ0) is 9.30. The topological polar surface area (TPSA) is 0 Å². The van der Waals surface area contributed by atoms with Gasteiger partial charge in [0.25, 0.3) is 6.43 Å². The predicted octanol–water partition coefficient (Wildman–Crippen LogP) is 4.00. The molecule has 0 saturated carbocycles. The molecule has 66 valence electrons. The van der Waals surface area contributed by atoms with Gasteiger partial charge in [-0.2, -0.15) is 0 Å². The molecule has 0 aliphatic rings. The monoisotopic (exact) mass is 234 g/mol. The molecule has 0 aromatic heterocycles. The molecule has 0 saturated heterocycles. The summed E-state index contributed by atoms with van der Waals surface area (Å²) in [5.41, 5.74) is 1.42. The SMILES string of the molecule is Cc1ccc(Br)c(C)c1C(F)F. The minimum atomic E-state index is -2.39. The molecule has 0 amide bonds. The molecule has 0 spiro atoms. The highest BCUT2D eigenvalue weighted by atomic mass is 79.9. The van der Waals surface area contributed by atoms with Crippen molar-refractivity contribution in [2.75, 3.05) is 0 Å². The third kappa shape index (κ3) is 1.66. The normalized spacial score (nSPS) is 10.8. The molecule has 0 aliphatic carbocycles. The van der Waals surface area contributed by atoms with E-state index in [9.17, 15) is 8.78 Å². The maximum atomic E-state index is 12.4. The Labute approximate surface area is 78.7 Å². The van der Waals surface area contributed by atoms with Gasteiger partial charge in [-0.3, -0.25) is 0 Å². The molecule has 12 heavy (non-hydrogen) atoms. The van der Waals surface area contributed by atoms with Gasteiger partial charge in [0, 0.05) is 10.0 Å². The van der Waals surface area contributed by atoms with Gasteiger partial charge in [-0.05, 0) is 31.0 Å². The van der Waals surface area contributed by atoms with Crippen LogP contribution in [0.2, 0.25) is 0 Å². The lowest BCUT2D eigenvalue weighted by Gasteiger charge is -2.09. The summed E-state index contributed by atoms with van der Waals surface area (Å²) >= 11 is 3.22. The number of halogens is 3. The van der Waals surface area contributed by atoms with Gasteiger partial charge in [-0.1, -0.05) is 22.0 Å². The van der Waals surface area contributed by atoms with Crippen molar-refractivity contribution in [2.24, 2.45) is 0 Å². The van der Waals surface area contributed by atoms with E-state index in [1.165, 1.54) is 0 Å². The first-order chi connectivity index (χ1) is 5.54. The first-order valence-corrected chi connectivity index (χ1v) is 4.37. The fourth-order valence-corrected chi connectivity index (χ4v) is 1.52. The molecular weight excluding hydrogens is 226 g/mol. The third-order valence-electron chi connectivity index (χ3n) is 1.88. The Hall–Kier alpha value is -0.440. The van der Waals surface area contributed by atoms with Crippen LogP contribution < -0.4 is 0 Å². The zero-order valence-corrected chi connectivity index (χ0v) is 8.45. The summed E-state index contributed by atoms with van der Waals surface area (Å²) in [7, 11) is 0. The molecule has 1 rings (SSSR count). The second kappa shape index (κ2) is 3.52. The summed E-state index contributed by atoms with van der Waals surface area (Å²) < 4.78 is 25.6. The van der Waals surface area contributed by atoms with Crippen LogP contribution >= 0.6 is 15.9 Å². The number of benzene rings is 1. The van der Waals surface area contributed by atoms with Crippen molar-refractivity contribution in [1.82, 2.24) is 0 Å². The number of alkyl halides is 2. The Morgan fingerprint density at radius 2 is 1.83 bits per heavy atom. The predicted molar refractivity (Wildman–Crippen MR) is 48.6 cm³/mol. The van der Waals surface area contributed by atoms with Crippen LogP contribution in [0, 0.1) is 13.8 Å². The van der Waals surface area contributed by atoms with Crippen LogP contribution in [0.15, 0.2) is 16.6 Å². The molecule has 0 aliphatic heterocycles. The first-order valence-electron chi connectivity index (χ1n) is 3.57. The van der Waals surface area contributed by atoms with Crippen LogP contribution in [0.3, 0.4) is 0 Å². The van der Waals surface area contributed by atoms with Gasteiger partial charge in [0.05, 0.1) is 0 Å². The summed E-state index contributed by atoms with van der Waals surface area (Å²) in [6.07, 6.45) is -2.39. The van der Waals surface area contributed by atoms with Crippen LogP contribution in [0.4, 0.5) is 8.78 Å². The highest BCUT2D eigenvalue weighted by Crippen LogP contribution is 2.30. The van der Waals surface area contributed by atoms with E-state index in [0.29, 0.717) is 11.1 Å². The molecule has 0 unspecified atom stereocenters. The van der Waals surface area contributed by atoms with Crippen molar-refractivity contribution in [3.05, 3.63) is 33.3 Å². The molecule has 1 aromatic carbocycles. The van der Waals surface area contributed by atoms with E-state index in [2.05, 4.69) is 15.9 Å². The lowest BCUT2D eigenvalue weighted by molar-refractivity contribution is 0.149. The second-order valence-electron chi connectivity index (χ2n) is 2.70. The fraction of sp³-hybridized carbons (Fsp3) is 0.333. The first kappa shape index (κ1) is 9.65. The van der Waals surface area contributed by atoms with E-state index in [0.717, 1.165) is 4.47 Å². The lowest BCUT2D eigenvalue weighted by atomic mass is 10.0. The van der Waals surface area contributed by atoms with Crippen LogP contribution in [0.5, 0.6) is 0 Å². The fourth-order valence-electron chi connectivity index (χ4n) is 1.17. The van der Waals surface area contributed by atoms with Crippen molar-refractivity contribution in [1.29, 1.82) is 0 Å². The van der Waals surface area contributed by atoms with Crippen molar-refractivity contribution in [3.63, 3.8) is 0 Å². The molecular formula is C9H9BrF2. The Kier molecular flexibility index (Phi) is 2.83. The number of hydrogen-bond acceptors (Lipinski definition) is 0. The summed E-state index contributed by atoms with van der Waals surface area (Å²) in [5, 5.41) is 0. The Balaban J connectivity index is 3.33. The minimum absolute atomic E-state index is 0.143. The van der Waals surface area contributed by atoms with E-state index < -0.39 is 6.43 Å². The maximum Gasteiger partial charge on any atom is 0.264 e. The van der Waals surface area contributed by atoms with E-state index in [4.69, 9.17) is 0 Å². The van der Waals surface area contributed by atoms with Crippen molar-refractivity contribution in [3.8, 4) is 0 Å². The maximum absolute atomic E-state index is 12.4. The van der Waals surface area contributed by atoms with Gasteiger partial charge in [0.15, 0.2) is 0 Å². The minimum Gasteiger partial charge on any atom is -0.205 e. The summed E-state index contributed by atoms with van der Waals surface area (Å²) in [6, 6.07) is 3.48. The highest BCUT2D eigenvalue weighted by Gasteiger charge is 2.14. The molecule has 0 fully saturated rings. The average Bonchev–Trinajstić information content (AvgIpc) is 1.97. The number of aryl methyl sites for hydroxylation is 1. The van der Waals surface area contributed by atoms with Crippen LogP contribution in [0.25, 0.3) is 0 Å². The Morgan fingerprint density at radius 3 is 2.25 bits per heavy atom. The molecule has 0 N–H and O–H groups in total. The molecule has 0 heterocycles. The Bertz CT molecular complexity index is 295. The molecule has 0 nitrogen and oxygen atoms in total. The smallest absolute Gasteiger partial charge is 0.205 e. The van der Waals surface area contributed by atoms with Crippen LogP contribution in [-0.2, 0) is 0 Å². The van der Waals surface area contributed by atoms with E-state index >= 15 is 0 Å². The van der Waals surface area contributed by atoms with Crippen LogP contribution in [0.1, 0.15) is 23.1 Å². The standard InChI is InChI=1S/C9H9BrF2/c1-5-3-4-7(10)6(2)8(5)9(11)12/h3-4,9H,1-2H3. The molecule has 0 atom stereocenters. The average molecular weight is 235 g/mol. The Morgan fingerprint density at radius 1 is 1.25 bits per heavy atom. The van der Waals surface area contributed by atoms with E-state index in [1.807, 2.05) is 0 Å². The van der Waals surface area contributed by atoms with Gasteiger partial charge in [-0.15, -0.1) is 0 Å². The summed E-state index contributed by atoms with van der Waals surface area (Å²) in [5.74, 6) is 0. The molecule has 1 aromatic rings. The van der Waals surface area contributed by atoms with Crippen molar-refractivity contribution < 1.29 is 8.78 Å². The number of rotatable bonds is 1. The van der Waals surface area contributed by atoms with Gasteiger partial charge in [-0.25, -0.2) is 8.78 Å². The van der Waals surface area contributed by atoms with E-state index in [1.54, 1.807) is 26.0 Å². The lowest BCUT2D eigenvalue weighted by Crippen LogP contribution is -1.94. The second-order valence-corrected chi connectivity index (χ2v) is 3.56. The van der Waals surface area contributed by atoms with Crippen molar-refractivity contribution >= 4 is 15.9 Å². The summed E-state index contributed by atoms with van der Waals surface area (Å²) in [4.78, 5) is 0. The summed E-state index contributed by atoms with van der Waals surface area (Å²) in [6.45, 7) is 3.39. The molecule has 3 heteroatoms. The largest absolute Gasteiger partial charge is 0.264 e. The quantitative estimate of drug-likeness (QED) is 0.689. The van der Waals surface area contributed by atoms with Gasteiger partial charge >= 0.3 is 0 Å². The third-order valence-corrected chi connectivity index (χ3v) is 2.74. The highest BCUT2D eigenvalue weighted by molar-refractivity contribution is 9.10. The molecule has 0 bridgehead atoms. The zero-order valence-electron chi connectivity index (χ0n) is 6.87. The van der Waals surface area contributed by atoms with Gasteiger partial charge < -0.3 is 0 Å². The molecule has 0 radical (unpaired) electrons.